The summed E-state index contributed by atoms with van der Waals surface area (Å²) in [5.74, 6) is 1.18. The maximum absolute atomic E-state index is 12.5. The number of carbonyl (C=O) groups is 1. The third-order valence-electron chi connectivity index (χ3n) is 5.08. The standard InChI is InChI=1S/C23H24N2O2/c1-16-14-18(27-25-16)8-4-2-3-5-11-23(26)17-12-13-20-19-9-6-7-10-21(19)24-22(20)15-17/h6-7,9-10,12-15,24H,2-5,8,11H2,1H3. The van der Waals surface area contributed by atoms with Crippen LogP contribution in [-0.4, -0.2) is 15.9 Å². The number of aromatic amines is 1. The molecule has 0 saturated carbocycles. The van der Waals surface area contributed by atoms with Crippen molar-refractivity contribution in [3.05, 3.63) is 65.5 Å². The largest absolute Gasteiger partial charge is 0.361 e. The first-order valence-electron chi connectivity index (χ1n) is 9.66. The summed E-state index contributed by atoms with van der Waals surface area (Å²) < 4.78 is 5.22. The van der Waals surface area contributed by atoms with Gasteiger partial charge in [0.05, 0.1) is 5.69 Å². The minimum atomic E-state index is 0.224. The molecule has 2 aromatic carbocycles. The predicted octanol–water partition coefficient (Wildman–Crippen LogP) is 5.99. The van der Waals surface area contributed by atoms with Gasteiger partial charge in [-0.05, 0) is 31.9 Å². The lowest BCUT2D eigenvalue weighted by atomic mass is 10.0. The molecule has 0 aliphatic carbocycles. The molecule has 0 saturated heterocycles. The normalized spacial score (nSPS) is 11.4. The van der Waals surface area contributed by atoms with E-state index in [1.54, 1.807) is 0 Å². The van der Waals surface area contributed by atoms with Gasteiger partial charge in [0.15, 0.2) is 5.78 Å². The van der Waals surface area contributed by atoms with Crippen LogP contribution in [0.3, 0.4) is 0 Å². The Morgan fingerprint density at radius 3 is 2.63 bits per heavy atom. The SMILES string of the molecule is Cc1cc(CCCCCCC(=O)c2ccc3c(c2)[nH]c2ccccc23)on1. The first kappa shape index (κ1) is 17.5. The van der Waals surface area contributed by atoms with Crippen molar-refractivity contribution >= 4 is 27.6 Å². The van der Waals surface area contributed by atoms with Gasteiger partial charge in [-0.15, -0.1) is 0 Å². The lowest BCUT2D eigenvalue weighted by Gasteiger charge is -2.02. The fourth-order valence-corrected chi connectivity index (χ4v) is 3.64. The number of unbranched alkanes of at least 4 members (excludes halogenated alkanes) is 3. The van der Waals surface area contributed by atoms with Crippen LogP contribution < -0.4 is 0 Å². The lowest BCUT2D eigenvalue weighted by molar-refractivity contribution is 0.0979. The molecule has 0 bridgehead atoms. The van der Waals surface area contributed by atoms with Crippen molar-refractivity contribution in [1.29, 1.82) is 0 Å². The van der Waals surface area contributed by atoms with Crippen LogP contribution in [0.25, 0.3) is 21.8 Å². The molecule has 4 heteroatoms. The zero-order chi connectivity index (χ0) is 18.6. The van der Waals surface area contributed by atoms with Gasteiger partial charge in [-0.1, -0.05) is 48.3 Å². The van der Waals surface area contributed by atoms with Gasteiger partial charge in [-0.25, -0.2) is 0 Å². The van der Waals surface area contributed by atoms with Gasteiger partial charge in [0, 0.05) is 46.3 Å². The predicted molar refractivity (Wildman–Crippen MR) is 108 cm³/mol. The number of H-pyrrole nitrogens is 1. The summed E-state index contributed by atoms with van der Waals surface area (Å²) in [6.45, 7) is 1.94. The number of rotatable bonds is 8. The van der Waals surface area contributed by atoms with Crippen LogP contribution in [-0.2, 0) is 6.42 Å². The van der Waals surface area contributed by atoms with Crippen molar-refractivity contribution in [2.75, 3.05) is 0 Å². The fourth-order valence-electron chi connectivity index (χ4n) is 3.64. The number of nitrogens with zero attached hydrogens (tertiary/aromatic N) is 1. The van der Waals surface area contributed by atoms with E-state index in [1.807, 2.05) is 37.3 Å². The molecule has 0 aliphatic rings. The van der Waals surface area contributed by atoms with Crippen molar-refractivity contribution in [1.82, 2.24) is 10.1 Å². The maximum Gasteiger partial charge on any atom is 0.162 e. The second kappa shape index (κ2) is 7.78. The van der Waals surface area contributed by atoms with E-state index >= 15 is 0 Å². The summed E-state index contributed by atoms with van der Waals surface area (Å²) in [5, 5.41) is 6.27. The van der Waals surface area contributed by atoms with E-state index in [0.717, 1.165) is 60.2 Å². The van der Waals surface area contributed by atoms with Crippen LogP contribution in [0.4, 0.5) is 0 Å². The monoisotopic (exact) mass is 360 g/mol. The number of para-hydroxylation sites is 1. The number of Topliss-reactive ketones (excluding diaryl/α,β-unsaturated/α-hetero) is 1. The highest BCUT2D eigenvalue weighted by atomic mass is 16.5. The quantitative estimate of drug-likeness (QED) is 0.310. The molecule has 27 heavy (non-hydrogen) atoms. The highest BCUT2D eigenvalue weighted by Gasteiger charge is 2.09. The molecule has 4 aromatic rings. The number of carbonyl (C=O) groups excluding carboxylic acids is 1. The third-order valence-corrected chi connectivity index (χ3v) is 5.08. The van der Waals surface area contributed by atoms with Crippen LogP contribution in [0, 0.1) is 6.92 Å². The van der Waals surface area contributed by atoms with Gasteiger partial charge >= 0.3 is 0 Å². The number of benzene rings is 2. The molecule has 138 valence electrons. The Balaban J connectivity index is 1.28. The molecule has 4 rings (SSSR count). The molecule has 4 nitrogen and oxygen atoms in total. The Kier molecular flexibility index (Phi) is 5.05. The van der Waals surface area contributed by atoms with E-state index in [-0.39, 0.29) is 5.78 Å². The van der Waals surface area contributed by atoms with Crippen molar-refractivity contribution < 1.29 is 9.32 Å². The molecule has 0 radical (unpaired) electrons. The van der Waals surface area contributed by atoms with Crippen molar-refractivity contribution in [2.24, 2.45) is 0 Å². The smallest absolute Gasteiger partial charge is 0.162 e. The summed E-state index contributed by atoms with van der Waals surface area (Å²) in [7, 11) is 0. The molecule has 1 N–H and O–H groups in total. The summed E-state index contributed by atoms with van der Waals surface area (Å²) in [6, 6.07) is 16.2. The Morgan fingerprint density at radius 1 is 0.963 bits per heavy atom. The average molecular weight is 360 g/mol. The topological polar surface area (TPSA) is 58.9 Å². The van der Waals surface area contributed by atoms with Gasteiger partial charge < -0.3 is 9.51 Å². The molecule has 0 fully saturated rings. The highest BCUT2D eigenvalue weighted by molar-refractivity contribution is 6.09. The molecular weight excluding hydrogens is 336 g/mol. The molecule has 0 atom stereocenters. The van der Waals surface area contributed by atoms with E-state index in [9.17, 15) is 4.79 Å². The average Bonchev–Trinajstić information content (AvgIpc) is 3.26. The highest BCUT2D eigenvalue weighted by Crippen LogP contribution is 2.26. The Morgan fingerprint density at radius 2 is 1.78 bits per heavy atom. The van der Waals surface area contributed by atoms with Crippen LogP contribution in [0.5, 0.6) is 0 Å². The van der Waals surface area contributed by atoms with Crippen molar-refractivity contribution in [3.63, 3.8) is 0 Å². The maximum atomic E-state index is 12.5. The second-order valence-corrected chi connectivity index (χ2v) is 7.20. The van der Waals surface area contributed by atoms with Gasteiger partial charge in [0.1, 0.15) is 5.76 Å². The zero-order valence-electron chi connectivity index (χ0n) is 15.6. The van der Waals surface area contributed by atoms with Crippen LogP contribution >= 0.6 is 0 Å². The Hall–Kier alpha value is -2.88. The summed E-state index contributed by atoms with van der Waals surface area (Å²) in [6.07, 6.45) is 5.70. The lowest BCUT2D eigenvalue weighted by Crippen LogP contribution is -1.98. The fraction of sp³-hybridized carbons (Fsp3) is 0.304. The number of aryl methyl sites for hydroxylation is 2. The minimum absolute atomic E-state index is 0.224. The first-order chi connectivity index (χ1) is 13.2. The van der Waals surface area contributed by atoms with E-state index in [2.05, 4.69) is 28.3 Å². The van der Waals surface area contributed by atoms with E-state index in [0.29, 0.717) is 6.42 Å². The minimum Gasteiger partial charge on any atom is -0.361 e. The third kappa shape index (κ3) is 3.95. The first-order valence-corrected chi connectivity index (χ1v) is 9.66. The number of fused-ring (bicyclic) bond motifs is 3. The molecular formula is C23H24N2O2. The van der Waals surface area contributed by atoms with Crippen molar-refractivity contribution in [3.8, 4) is 0 Å². The molecule has 0 amide bonds. The van der Waals surface area contributed by atoms with Gasteiger partial charge in [0.25, 0.3) is 0 Å². The summed E-state index contributed by atoms with van der Waals surface area (Å²) in [5.41, 5.74) is 3.87. The van der Waals surface area contributed by atoms with E-state index in [4.69, 9.17) is 4.52 Å². The second-order valence-electron chi connectivity index (χ2n) is 7.20. The molecule has 0 spiro atoms. The zero-order valence-corrected chi connectivity index (χ0v) is 15.6. The van der Waals surface area contributed by atoms with Gasteiger partial charge in [-0.3, -0.25) is 4.79 Å². The number of aromatic nitrogens is 2. The number of nitrogens with one attached hydrogen (secondary N) is 1. The molecule has 0 aliphatic heterocycles. The van der Waals surface area contributed by atoms with E-state index in [1.165, 1.54) is 10.8 Å². The van der Waals surface area contributed by atoms with Gasteiger partial charge in [-0.2, -0.15) is 0 Å². The van der Waals surface area contributed by atoms with Gasteiger partial charge in [0.2, 0.25) is 0 Å². The Bertz CT molecular complexity index is 1070. The Labute approximate surface area is 158 Å². The van der Waals surface area contributed by atoms with Crippen molar-refractivity contribution in [2.45, 2.75) is 45.4 Å². The van der Waals surface area contributed by atoms with Crippen LogP contribution in [0.1, 0.15) is 53.9 Å². The molecule has 2 aromatic heterocycles. The summed E-state index contributed by atoms with van der Waals surface area (Å²) in [4.78, 5) is 15.9. The van der Waals surface area contributed by atoms with Crippen LogP contribution in [0.2, 0.25) is 0 Å². The van der Waals surface area contributed by atoms with E-state index < -0.39 is 0 Å². The molecule has 0 unspecified atom stereocenters. The number of hydrogen-bond donors (Lipinski definition) is 1. The number of ketones is 1. The molecule has 2 heterocycles. The summed E-state index contributed by atoms with van der Waals surface area (Å²) >= 11 is 0. The number of hydrogen-bond acceptors (Lipinski definition) is 3. The van der Waals surface area contributed by atoms with Crippen LogP contribution in [0.15, 0.2) is 53.1 Å².